The van der Waals surface area contributed by atoms with Crippen LogP contribution in [0.15, 0.2) is 42.6 Å². The zero-order valence-electron chi connectivity index (χ0n) is 16.1. The maximum atomic E-state index is 13.1. The van der Waals surface area contributed by atoms with Crippen molar-refractivity contribution >= 4 is 5.97 Å². The molecule has 0 N–H and O–H groups in total. The third-order valence-electron chi connectivity index (χ3n) is 5.28. The molecule has 146 valence electrons. The summed E-state index contributed by atoms with van der Waals surface area (Å²) in [5.41, 5.74) is 2.22. The largest absolute Gasteiger partial charge is 0.465 e. The highest BCUT2D eigenvalue weighted by atomic mass is 19.1. The van der Waals surface area contributed by atoms with Crippen LogP contribution >= 0.6 is 0 Å². The number of carbonyl (C=O) groups is 1. The van der Waals surface area contributed by atoms with Gasteiger partial charge in [-0.2, -0.15) is 0 Å². The highest BCUT2D eigenvalue weighted by Crippen LogP contribution is 2.24. The van der Waals surface area contributed by atoms with Gasteiger partial charge in [-0.1, -0.05) is 31.4 Å². The van der Waals surface area contributed by atoms with E-state index >= 15 is 0 Å². The topological polar surface area (TPSA) is 34.5 Å². The minimum Gasteiger partial charge on any atom is -0.465 e. The van der Waals surface area contributed by atoms with E-state index in [1.54, 1.807) is 0 Å². The molecule has 2 aromatic rings. The Morgan fingerprint density at radius 2 is 1.93 bits per heavy atom. The molecule has 1 aliphatic rings. The number of rotatable bonds is 8. The van der Waals surface area contributed by atoms with Crippen LogP contribution in [0.5, 0.6) is 0 Å². The lowest BCUT2D eigenvalue weighted by molar-refractivity contribution is -0.145. The Kier molecular flexibility index (Phi) is 7.04. The molecule has 0 spiro atoms. The summed E-state index contributed by atoms with van der Waals surface area (Å²) in [6, 6.07) is 11.2. The number of nitrogens with zero attached hydrogens (tertiary/aromatic N) is 2. The number of esters is 1. The van der Waals surface area contributed by atoms with Crippen molar-refractivity contribution in [1.82, 2.24) is 9.47 Å². The van der Waals surface area contributed by atoms with Crippen LogP contribution in [-0.2, 0) is 22.6 Å². The number of hydrogen-bond acceptors (Lipinski definition) is 3. The van der Waals surface area contributed by atoms with Crippen LogP contribution in [0.25, 0.3) is 0 Å². The van der Waals surface area contributed by atoms with Crippen molar-refractivity contribution in [2.75, 3.05) is 13.2 Å². The number of carbonyl (C=O) groups excluding carboxylic acids is 1. The lowest BCUT2D eigenvalue weighted by atomic mass is 9.94. The summed E-state index contributed by atoms with van der Waals surface area (Å²) in [5.74, 6) is -0.371. The molecule has 1 fully saturated rings. The molecule has 0 unspecified atom stereocenters. The molecule has 1 aliphatic carbocycles. The quantitative estimate of drug-likeness (QED) is 0.645. The molecule has 4 nitrogen and oxygen atoms in total. The molecule has 1 heterocycles. The van der Waals surface area contributed by atoms with Crippen molar-refractivity contribution in [1.29, 1.82) is 0 Å². The van der Waals surface area contributed by atoms with Crippen LogP contribution in [0.3, 0.4) is 0 Å². The first kappa shape index (κ1) is 19.6. The van der Waals surface area contributed by atoms with Gasteiger partial charge in [0, 0.05) is 31.0 Å². The molecule has 1 aromatic carbocycles. The molecule has 3 rings (SSSR count). The Bertz CT molecular complexity index is 720. The van der Waals surface area contributed by atoms with Gasteiger partial charge in [0.2, 0.25) is 0 Å². The monoisotopic (exact) mass is 372 g/mol. The summed E-state index contributed by atoms with van der Waals surface area (Å²) in [6.07, 6.45) is 8.05. The molecule has 0 amide bonds. The van der Waals surface area contributed by atoms with Gasteiger partial charge in [-0.05, 0) is 49.6 Å². The average molecular weight is 372 g/mol. The van der Waals surface area contributed by atoms with Gasteiger partial charge in [-0.25, -0.2) is 4.39 Å². The Morgan fingerprint density at radius 1 is 1.19 bits per heavy atom. The average Bonchev–Trinajstić information content (AvgIpc) is 3.11. The minimum absolute atomic E-state index is 0.153. The van der Waals surface area contributed by atoms with E-state index < -0.39 is 0 Å². The summed E-state index contributed by atoms with van der Waals surface area (Å²) < 4.78 is 20.5. The van der Waals surface area contributed by atoms with E-state index in [1.165, 1.54) is 31.4 Å². The van der Waals surface area contributed by atoms with E-state index in [-0.39, 0.29) is 11.8 Å². The fraction of sp³-hybridized carbons (Fsp3) is 0.500. The van der Waals surface area contributed by atoms with Crippen LogP contribution in [0.4, 0.5) is 4.39 Å². The first-order valence-corrected chi connectivity index (χ1v) is 9.94. The summed E-state index contributed by atoms with van der Waals surface area (Å²) in [7, 11) is 0. The number of ether oxygens (including phenoxy) is 1. The standard InChI is InChI=1S/C22H29FN2O2/c1-2-27-22(26)17-25(20-7-4-3-5-8-20)16-21-9-6-14-24(21)15-18-10-12-19(23)13-11-18/h6,9-14,20H,2-5,7-8,15-17H2,1H3. The summed E-state index contributed by atoms with van der Waals surface area (Å²) in [6.45, 7) is 4.01. The molecule has 27 heavy (non-hydrogen) atoms. The Morgan fingerprint density at radius 3 is 2.63 bits per heavy atom. The predicted octanol–water partition coefficient (Wildman–Crippen LogP) is 4.37. The molecular formula is C22H29FN2O2. The van der Waals surface area contributed by atoms with Crippen LogP contribution in [0.2, 0.25) is 0 Å². The first-order chi connectivity index (χ1) is 13.2. The maximum absolute atomic E-state index is 13.1. The smallest absolute Gasteiger partial charge is 0.320 e. The number of benzene rings is 1. The van der Waals surface area contributed by atoms with Crippen molar-refractivity contribution in [3.05, 3.63) is 59.7 Å². The fourth-order valence-corrected chi connectivity index (χ4v) is 3.87. The Labute approximate surface area is 160 Å². The third-order valence-corrected chi connectivity index (χ3v) is 5.28. The van der Waals surface area contributed by atoms with E-state index in [2.05, 4.69) is 15.5 Å². The summed E-state index contributed by atoms with van der Waals surface area (Å²) in [5, 5.41) is 0. The normalized spacial score (nSPS) is 15.2. The van der Waals surface area contributed by atoms with Crippen LogP contribution < -0.4 is 0 Å². The number of halogens is 1. The highest BCUT2D eigenvalue weighted by molar-refractivity contribution is 5.71. The van der Waals surface area contributed by atoms with E-state index in [1.807, 2.05) is 31.3 Å². The fourth-order valence-electron chi connectivity index (χ4n) is 3.87. The van der Waals surface area contributed by atoms with E-state index in [9.17, 15) is 9.18 Å². The van der Waals surface area contributed by atoms with Crippen molar-refractivity contribution in [2.45, 2.75) is 58.2 Å². The van der Waals surface area contributed by atoms with E-state index in [0.29, 0.717) is 25.7 Å². The highest BCUT2D eigenvalue weighted by Gasteiger charge is 2.24. The van der Waals surface area contributed by atoms with Gasteiger partial charge in [0.05, 0.1) is 13.2 Å². The van der Waals surface area contributed by atoms with Gasteiger partial charge in [-0.3, -0.25) is 9.69 Å². The van der Waals surface area contributed by atoms with Gasteiger partial charge >= 0.3 is 5.97 Å². The number of hydrogen-bond donors (Lipinski definition) is 0. The number of aromatic nitrogens is 1. The van der Waals surface area contributed by atoms with Gasteiger partial charge in [-0.15, -0.1) is 0 Å². The SMILES string of the molecule is CCOC(=O)CN(Cc1cccn1Cc1ccc(F)cc1)C1CCCCC1. The summed E-state index contributed by atoms with van der Waals surface area (Å²) >= 11 is 0. The maximum Gasteiger partial charge on any atom is 0.320 e. The van der Waals surface area contributed by atoms with E-state index in [4.69, 9.17) is 4.74 Å². The molecule has 0 bridgehead atoms. The molecule has 1 aromatic heterocycles. The zero-order chi connectivity index (χ0) is 19.1. The van der Waals surface area contributed by atoms with Crippen LogP contribution in [-0.4, -0.2) is 34.6 Å². The summed E-state index contributed by atoms with van der Waals surface area (Å²) in [4.78, 5) is 14.4. The second-order valence-corrected chi connectivity index (χ2v) is 7.26. The molecule has 0 aliphatic heterocycles. The van der Waals surface area contributed by atoms with Crippen molar-refractivity contribution in [2.24, 2.45) is 0 Å². The molecular weight excluding hydrogens is 343 g/mol. The van der Waals surface area contributed by atoms with Gasteiger partial charge < -0.3 is 9.30 Å². The molecule has 5 heteroatoms. The van der Waals surface area contributed by atoms with E-state index in [0.717, 1.165) is 30.6 Å². The van der Waals surface area contributed by atoms with Gasteiger partial charge in [0.25, 0.3) is 0 Å². The lowest BCUT2D eigenvalue weighted by Crippen LogP contribution is -2.40. The Balaban J connectivity index is 1.71. The van der Waals surface area contributed by atoms with Crippen LogP contribution in [0.1, 0.15) is 50.3 Å². The molecule has 1 saturated carbocycles. The van der Waals surface area contributed by atoms with Crippen molar-refractivity contribution in [3.8, 4) is 0 Å². The van der Waals surface area contributed by atoms with Gasteiger partial charge in [0.15, 0.2) is 0 Å². The predicted molar refractivity (Wildman–Crippen MR) is 104 cm³/mol. The lowest BCUT2D eigenvalue weighted by Gasteiger charge is -2.33. The molecule has 0 saturated heterocycles. The van der Waals surface area contributed by atoms with Crippen molar-refractivity contribution in [3.63, 3.8) is 0 Å². The minimum atomic E-state index is -0.218. The van der Waals surface area contributed by atoms with Crippen LogP contribution in [0, 0.1) is 5.82 Å². The molecule has 0 atom stereocenters. The molecule has 0 radical (unpaired) electrons. The van der Waals surface area contributed by atoms with Crippen molar-refractivity contribution < 1.29 is 13.9 Å². The second-order valence-electron chi connectivity index (χ2n) is 7.26. The Hall–Kier alpha value is -2.14. The zero-order valence-corrected chi connectivity index (χ0v) is 16.1. The van der Waals surface area contributed by atoms with Gasteiger partial charge in [0.1, 0.15) is 5.82 Å². The first-order valence-electron chi connectivity index (χ1n) is 9.94. The third kappa shape index (κ3) is 5.67. The second kappa shape index (κ2) is 9.70.